The van der Waals surface area contributed by atoms with Gasteiger partial charge < -0.3 is 5.32 Å². The Labute approximate surface area is 93.4 Å². The second kappa shape index (κ2) is 4.66. The molecule has 0 bridgehead atoms. The number of carbonyl (C=O) groups excluding carboxylic acids is 1. The molecular weight excluding hydrogens is 214 g/mol. The van der Waals surface area contributed by atoms with Crippen LogP contribution in [0, 0.1) is 0 Å². The number of hydrogen-bond acceptors (Lipinski definition) is 2. The van der Waals surface area contributed by atoms with Crippen LogP contribution in [0.1, 0.15) is 42.6 Å². The fourth-order valence-corrected chi connectivity index (χ4v) is 2.11. The average Bonchev–Trinajstić information content (AvgIpc) is 2.66. The Morgan fingerprint density at radius 2 is 2.20 bits per heavy atom. The Morgan fingerprint density at radius 1 is 1.47 bits per heavy atom. The van der Waals surface area contributed by atoms with Crippen LogP contribution in [0.25, 0.3) is 0 Å². The third-order valence-electron chi connectivity index (χ3n) is 2.76. The van der Waals surface area contributed by atoms with Crippen molar-refractivity contribution in [2.75, 3.05) is 0 Å². The molecule has 1 aliphatic carbocycles. The van der Waals surface area contributed by atoms with Crippen LogP contribution in [0.3, 0.4) is 0 Å². The normalized spacial score (nSPS) is 17.7. The molecule has 0 unspecified atom stereocenters. The molecule has 2 N–H and O–H groups in total. The molecule has 2 rings (SSSR count). The van der Waals surface area contributed by atoms with E-state index in [4.69, 9.17) is 11.6 Å². The molecule has 1 aromatic rings. The van der Waals surface area contributed by atoms with Gasteiger partial charge in [0.05, 0.1) is 11.2 Å². The van der Waals surface area contributed by atoms with Crippen LogP contribution in [0.2, 0.25) is 5.02 Å². The Bertz CT molecular complexity index is 344. The first kappa shape index (κ1) is 10.5. The second-order valence-electron chi connectivity index (χ2n) is 3.90. The Kier molecular flexibility index (Phi) is 3.26. The lowest BCUT2D eigenvalue weighted by molar-refractivity contribution is 0.0923. The van der Waals surface area contributed by atoms with Gasteiger partial charge >= 0.3 is 0 Å². The topological polar surface area (TPSA) is 57.8 Å². The van der Waals surface area contributed by atoms with Crippen LogP contribution < -0.4 is 5.32 Å². The Balaban J connectivity index is 1.94. The third kappa shape index (κ3) is 2.50. The number of hydrogen-bond donors (Lipinski definition) is 2. The highest BCUT2D eigenvalue weighted by Gasteiger charge is 2.18. The first-order valence-electron chi connectivity index (χ1n) is 5.27. The monoisotopic (exact) mass is 227 g/mol. The highest BCUT2D eigenvalue weighted by Crippen LogP contribution is 2.18. The highest BCUT2D eigenvalue weighted by molar-refractivity contribution is 6.33. The van der Waals surface area contributed by atoms with Gasteiger partial charge in [0.15, 0.2) is 0 Å². The van der Waals surface area contributed by atoms with Gasteiger partial charge in [0.1, 0.15) is 5.69 Å². The minimum absolute atomic E-state index is 0.149. The molecule has 0 atom stereocenters. The predicted octanol–water partition coefficient (Wildman–Crippen LogP) is 2.13. The van der Waals surface area contributed by atoms with Crippen LogP contribution in [-0.4, -0.2) is 22.1 Å². The number of aromatic amines is 1. The van der Waals surface area contributed by atoms with Gasteiger partial charge in [0.25, 0.3) is 5.91 Å². The largest absolute Gasteiger partial charge is 0.348 e. The molecule has 4 nitrogen and oxygen atoms in total. The van der Waals surface area contributed by atoms with Gasteiger partial charge in [-0.1, -0.05) is 30.9 Å². The summed E-state index contributed by atoms with van der Waals surface area (Å²) in [5.41, 5.74) is 0.363. The maximum atomic E-state index is 11.7. The molecule has 15 heavy (non-hydrogen) atoms. The van der Waals surface area contributed by atoms with E-state index in [-0.39, 0.29) is 5.91 Å². The molecule has 1 saturated carbocycles. The summed E-state index contributed by atoms with van der Waals surface area (Å²) < 4.78 is 0. The predicted molar refractivity (Wildman–Crippen MR) is 57.9 cm³/mol. The molecule has 5 heteroatoms. The quantitative estimate of drug-likeness (QED) is 0.813. The first-order valence-corrected chi connectivity index (χ1v) is 5.65. The molecule has 0 aliphatic heterocycles. The van der Waals surface area contributed by atoms with Crippen molar-refractivity contribution in [1.82, 2.24) is 15.5 Å². The zero-order valence-corrected chi connectivity index (χ0v) is 9.18. The van der Waals surface area contributed by atoms with Gasteiger partial charge in [-0.15, -0.1) is 0 Å². The molecule has 1 amide bonds. The molecule has 1 aromatic heterocycles. The molecule has 0 aromatic carbocycles. The van der Waals surface area contributed by atoms with E-state index in [2.05, 4.69) is 15.5 Å². The lowest BCUT2D eigenvalue weighted by Crippen LogP contribution is -2.36. The highest BCUT2D eigenvalue weighted by atomic mass is 35.5. The summed E-state index contributed by atoms with van der Waals surface area (Å²) in [6, 6.07) is 0.297. The number of aromatic nitrogens is 2. The van der Waals surface area contributed by atoms with E-state index < -0.39 is 0 Å². The molecule has 0 saturated heterocycles. The van der Waals surface area contributed by atoms with Crippen molar-refractivity contribution >= 4 is 17.5 Å². The van der Waals surface area contributed by atoms with Crippen LogP contribution in [0.4, 0.5) is 0 Å². The Hall–Kier alpha value is -1.03. The zero-order chi connectivity index (χ0) is 10.7. The van der Waals surface area contributed by atoms with Crippen LogP contribution in [0.15, 0.2) is 6.20 Å². The summed E-state index contributed by atoms with van der Waals surface area (Å²) in [4.78, 5) is 11.7. The van der Waals surface area contributed by atoms with Gasteiger partial charge in [-0.25, -0.2) is 0 Å². The fourth-order valence-electron chi connectivity index (χ4n) is 1.94. The van der Waals surface area contributed by atoms with Crippen molar-refractivity contribution in [3.05, 3.63) is 16.9 Å². The van der Waals surface area contributed by atoms with E-state index in [9.17, 15) is 4.79 Å². The van der Waals surface area contributed by atoms with Crippen molar-refractivity contribution in [3.8, 4) is 0 Å². The van der Waals surface area contributed by atoms with E-state index in [1.54, 1.807) is 0 Å². The number of nitrogens with one attached hydrogen (secondary N) is 2. The maximum absolute atomic E-state index is 11.7. The summed E-state index contributed by atoms with van der Waals surface area (Å²) in [6.45, 7) is 0. The summed E-state index contributed by atoms with van der Waals surface area (Å²) in [5, 5.41) is 9.66. The molecule has 1 aliphatic rings. The molecule has 0 radical (unpaired) electrons. The van der Waals surface area contributed by atoms with E-state index in [0.29, 0.717) is 16.8 Å². The van der Waals surface area contributed by atoms with Crippen molar-refractivity contribution < 1.29 is 4.79 Å². The number of amides is 1. The van der Waals surface area contributed by atoms with Crippen molar-refractivity contribution in [1.29, 1.82) is 0 Å². The van der Waals surface area contributed by atoms with Gasteiger partial charge in [-0.3, -0.25) is 9.89 Å². The molecule has 1 heterocycles. The van der Waals surface area contributed by atoms with Crippen LogP contribution in [0.5, 0.6) is 0 Å². The lowest BCUT2D eigenvalue weighted by Gasteiger charge is -2.22. The standard InChI is InChI=1S/C10H14ClN3O/c11-8-6-12-14-9(8)10(15)13-7-4-2-1-3-5-7/h6-7H,1-5H2,(H,12,14)(H,13,15). The second-order valence-corrected chi connectivity index (χ2v) is 4.31. The SMILES string of the molecule is O=C(NC1CCCCC1)c1[nH]ncc1Cl. The molecule has 0 spiro atoms. The number of rotatable bonds is 2. The van der Waals surface area contributed by atoms with E-state index in [0.717, 1.165) is 12.8 Å². The Morgan fingerprint density at radius 3 is 2.80 bits per heavy atom. The average molecular weight is 228 g/mol. The number of halogens is 1. The summed E-state index contributed by atoms with van der Waals surface area (Å²) in [5.74, 6) is -0.149. The number of carbonyl (C=O) groups is 1. The lowest BCUT2D eigenvalue weighted by atomic mass is 9.95. The van der Waals surface area contributed by atoms with E-state index in [1.165, 1.54) is 25.5 Å². The van der Waals surface area contributed by atoms with Gasteiger partial charge in [0.2, 0.25) is 0 Å². The van der Waals surface area contributed by atoms with Crippen molar-refractivity contribution in [2.45, 2.75) is 38.1 Å². The van der Waals surface area contributed by atoms with Crippen molar-refractivity contribution in [3.63, 3.8) is 0 Å². The molecule has 82 valence electrons. The fraction of sp³-hybridized carbons (Fsp3) is 0.600. The van der Waals surface area contributed by atoms with E-state index in [1.807, 2.05) is 0 Å². The first-order chi connectivity index (χ1) is 7.27. The zero-order valence-electron chi connectivity index (χ0n) is 8.42. The van der Waals surface area contributed by atoms with Crippen molar-refractivity contribution in [2.24, 2.45) is 0 Å². The number of H-pyrrole nitrogens is 1. The minimum Gasteiger partial charge on any atom is -0.348 e. The van der Waals surface area contributed by atoms with Gasteiger partial charge in [-0.2, -0.15) is 5.10 Å². The molecular formula is C10H14ClN3O. The summed E-state index contributed by atoms with van der Waals surface area (Å²) in [7, 11) is 0. The smallest absolute Gasteiger partial charge is 0.271 e. The third-order valence-corrected chi connectivity index (χ3v) is 3.05. The maximum Gasteiger partial charge on any atom is 0.271 e. The van der Waals surface area contributed by atoms with Crippen LogP contribution >= 0.6 is 11.6 Å². The molecule has 1 fully saturated rings. The van der Waals surface area contributed by atoms with Gasteiger partial charge in [-0.05, 0) is 12.8 Å². The van der Waals surface area contributed by atoms with Gasteiger partial charge in [0, 0.05) is 6.04 Å². The number of nitrogens with zero attached hydrogens (tertiary/aromatic N) is 1. The summed E-state index contributed by atoms with van der Waals surface area (Å²) >= 11 is 5.80. The van der Waals surface area contributed by atoms with E-state index >= 15 is 0 Å². The van der Waals surface area contributed by atoms with Crippen LogP contribution in [-0.2, 0) is 0 Å². The summed E-state index contributed by atoms with van der Waals surface area (Å²) in [6.07, 6.45) is 7.24. The minimum atomic E-state index is -0.149.